The molecule has 1 saturated carbocycles. The summed E-state index contributed by atoms with van der Waals surface area (Å²) in [7, 11) is -0.848. The lowest BCUT2D eigenvalue weighted by molar-refractivity contribution is -0.134. The Morgan fingerprint density at radius 2 is 1.70 bits per heavy atom. The summed E-state index contributed by atoms with van der Waals surface area (Å²) in [6.07, 6.45) is 8.48. The van der Waals surface area contributed by atoms with Crippen molar-refractivity contribution in [3.05, 3.63) is 78.9 Å². The number of hydrogen-bond acceptors (Lipinski definition) is 8. The first kappa shape index (κ1) is 30.9. The number of carbonyl (C=O) groups excluding carboxylic acids is 2. The Balaban J connectivity index is 1.29. The number of carbonyl (C=O) groups is 2. The average Bonchev–Trinajstić information content (AvgIpc) is 3.90. The van der Waals surface area contributed by atoms with Gasteiger partial charge in [0.25, 0.3) is 10.0 Å². The van der Waals surface area contributed by atoms with Crippen molar-refractivity contribution in [3.63, 3.8) is 0 Å². The van der Waals surface area contributed by atoms with E-state index in [9.17, 15) is 9.59 Å². The maximum Gasteiger partial charge on any atom is 0.410 e. The highest BCUT2D eigenvalue weighted by atomic mass is 32.2. The number of benzene rings is 2. The molecule has 0 bridgehead atoms. The third kappa shape index (κ3) is 4.95. The highest BCUT2D eigenvalue weighted by Crippen LogP contribution is 2.66. The van der Waals surface area contributed by atoms with Crippen molar-refractivity contribution in [2.45, 2.75) is 62.4 Å². The maximum absolute atomic E-state index is 15.0. The minimum Gasteiger partial charge on any atom is -0.444 e. The van der Waals surface area contributed by atoms with Crippen molar-refractivity contribution in [1.82, 2.24) is 33.4 Å². The molecule has 2 aromatic carbocycles. The van der Waals surface area contributed by atoms with Gasteiger partial charge >= 0.3 is 6.09 Å². The van der Waals surface area contributed by atoms with Crippen molar-refractivity contribution in [2.75, 3.05) is 25.0 Å². The molecule has 0 radical (unpaired) electrons. The third-order valence-corrected chi connectivity index (χ3v) is 13.1. The van der Waals surface area contributed by atoms with E-state index in [1.807, 2.05) is 20.8 Å². The number of pyridine rings is 1. The van der Waals surface area contributed by atoms with E-state index in [0.717, 1.165) is 4.68 Å². The van der Waals surface area contributed by atoms with Crippen LogP contribution in [0.25, 0.3) is 44.3 Å². The fourth-order valence-corrected chi connectivity index (χ4v) is 10.6. The number of amides is 2. The molecule has 14 heteroatoms. The summed E-state index contributed by atoms with van der Waals surface area (Å²) < 4.78 is 63.6. The molecule has 2 aliphatic heterocycles. The fraction of sp³-hybridized carbons (Fsp3) is 0.375. The molecular formula is C40H42N8O5S. The number of fused-ring (bicyclic) bond motifs is 5. The fourth-order valence-electron chi connectivity index (χ4n) is 9.09. The topological polar surface area (TPSA) is 137 Å². The van der Waals surface area contributed by atoms with Crippen LogP contribution in [0, 0.1) is 5.41 Å². The van der Waals surface area contributed by atoms with Gasteiger partial charge in [-0.2, -0.15) is 10.2 Å². The second kappa shape index (κ2) is 11.5. The quantitative estimate of drug-likeness (QED) is 0.206. The lowest BCUT2D eigenvalue weighted by atomic mass is 9.47. The Hall–Kier alpha value is -5.50. The number of likely N-dealkylation sites (N-methyl/N-ethyl adjacent to an activating group) is 1. The number of aryl methyl sites for hydroxylation is 2. The Morgan fingerprint density at radius 1 is 0.963 bits per heavy atom. The molecular weight excluding hydrogens is 705 g/mol. The number of nitrogens with zero attached hydrogens (tertiary/aromatic N) is 8. The minimum atomic E-state index is -4.33. The smallest absolute Gasteiger partial charge is 0.410 e. The number of anilines is 1. The molecule has 13 nitrogen and oxygen atoms in total. The lowest BCUT2D eigenvalue weighted by Crippen LogP contribution is -2.58. The summed E-state index contributed by atoms with van der Waals surface area (Å²) in [6, 6.07) is 13.4. The van der Waals surface area contributed by atoms with Gasteiger partial charge in [-0.3, -0.25) is 14.2 Å². The summed E-state index contributed by atoms with van der Waals surface area (Å²) in [5, 5.41) is 9.67. The van der Waals surface area contributed by atoms with Gasteiger partial charge in [0.15, 0.2) is 5.65 Å². The molecule has 0 unspecified atom stereocenters. The van der Waals surface area contributed by atoms with Gasteiger partial charge < -0.3 is 14.5 Å². The van der Waals surface area contributed by atoms with Gasteiger partial charge in [-0.05, 0) is 81.7 Å². The Labute approximate surface area is 317 Å². The second-order valence-electron chi connectivity index (χ2n) is 16.0. The summed E-state index contributed by atoms with van der Waals surface area (Å²) in [6.45, 7) is 4.01. The van der Waals surface area contributed by atoms with Crippen LogP contribution < -0.4 is 4.90 Å². The third-order valence-electron chi connectivity index (χ3n) is 11.4. The number of likely N-dealkylation sites (tertiary alicyclic amines) is 1. The highest BCUT2D eigenvalue weighted by molar-refractivity contribution is 7.90. The van der Waals surface area contributed by atoms with Crippen LogP contribution in [0.4, 0.5) is 10.5 Å². The van der Waals surface area contributed by atoms with Crippen LogP contribution in [0.1, 0.15) is 56.1 Å². The largest absolute Gasteiger partial charge is 0.444 e. The summed E-state index contributed by atoms with van der Waals surface area (Å²) in [5.41, 5.74) is 1.94. The predicted octanol–water partition coefficient (Wildman–Crippen LogP) is 6.25. The molecule has 9 rings (SSSR count). The number of piperidine rings is 1. The normalized spacial score (nSPS) is 18.9. The molecule has 4 aromatic heterocycles. The molecule has 54 heavy (non-hydrogen) atoms. The molecule has 6 aromatic rings. The predicted molar refractivity (Wildman–Crippen MR) is 204 cm³/mol. The van der Waals surface area contributed by atoms with Crippen LogP contribution in [0.5, 0.6) is 0 Å². The Morgan fingerprint density at radius 3 is 2.37 bits per heavy atom. The van der Waals surface area contributed by atoms with Gasteiger partial charge in [-0.1, -0.05) is 24.3 Å². The molecule has 0 atom stereocenters. The molecule has 2 amide bonds. The molecule has 1 aliphatic carbocycles. The summed E-state index contributed by atoms with van der Waals surface area (Å²) >= 11 is 0. The van der Waals surface area contributed by atoms with Crippen molar-refractivity contribution in [3.8, 4) is 22.4 Å². The van der Waals surface area contributed by atoms with Crippen LogP contribution in [0.2, 0.25) is 0 Å². The maximum atomic E-state index is 15.0. The molecule has 278 valence electrons. The van der Waals surface area contributed by atoms with Gasteiger partial charge in [0.05, 0.1) is 45.8 Å². The first-order valence-corrected chi connectivity index (χ1v) is 19.4. The molecule has 0 N–H and O–H groups in total. The number of ether oxygens (including phenoxy) is 1. The zero-order valence-corrected chi connectivity index (χ0v) is 31.5. The zero-order valence-electron chi connectivity index (χ0n) is 33.7. The SMILES string of the molecule is [2H]C([2H])([2H])n1ncc2cc(-c3c(-c4cnn(C)c4)n(S(=O)(=O)c4ccccc4)c4ncc5c(c34)C3(CC4(CCN(C(=O)OC(C)(C)C)CC4)C3)C(=O)N5C)ccc21. The van der Waals surface area contributed by atoms with E-state index in [1.54, 1.807) is 83.6 Å². The van der Waals surface area contributed by atoms with E-state index in [2.05, 4.69) is 10.2 Å². The molecule has 1 saturated heterocycles. The van der Waals surface area contributed by atoms with Crippen molar-refractivity contribution < 1.29 is 26.9 Å². The number of hydrogen-bond donors (Lipinski definition) is 0. The Kier molecular flexibility index (Phi) is 6.58. The van der Waals surface area contributed by atoms with Crippen molar-refractivity contribution in [1.29, 1.82) is 0 Å². The summed E-state index contributed by atoms with van der Waals surface area (Å²) in [4.78, 5) is 35.9. The standard InChI is InChI=1S/C40H42N8O5S/c1-38(2,3)53-37(50)47-16-14-39(15-17-47)23-40(24-39)33-30(45(5)36(40)49)21-41-35-32(33)31(25-12-13-29-26(18-25)19-43-46(29)6)34(27-20-42-44(4)22-27)48(35)54(51,52)28-10-8-7-9-11-28/h7-13,18-22H,14-17,23-24H2,1-6H3/i6D3. The Bertz CT molecular complexity index is 2750. The second-order valence-corrected chi connectivity index (χ2v) is 17.8. The van der Waals surface area contributed by atoms with E-state index < -0.39 is 28.0 Å². The van der Waals surface area contributed by atoms with E-state index in [4.69, 9.17) is 13.8 Å². The van der Waals surface area contributed by atoms with Crippen LogP contribution in [-0.2, 0) is 39.0 Å². The number of rotatable bonds is 4. The number of aromatic nitrogens is 6. The van der Waals surface area contributed by atoms with Gasteiger partial charge in [0.1, 0.15) is 5.60 Å². The molecule has 2 spiro atoms. The van der Waals surface area contributed by atoms with Crippen molar-refractivity contribution >= 4 is 49.6 Å². The first-order chi connectivity index (χ1) is 26.8. The van der Waals surface area contributed by atoms with E-state index in [0.29, 0.717) is 88.7 Å². The first-order valence-electron chi connectivity index (χ1n) is 19.5. The molecule has 3 aliphatic rings. The van der Waals surface area contributed by atoms with Gasteiger partial charge in [-0.15, -0.1) is 0 Å². The van der Waals surface area contributed by atoms with Crippen LogP contribution in [0.3, 0.4) is 0 Å². The zero-order chi connectivity index (χ0) is 40.4. The van der Waals surface area contributed by atoms with Crippen molar-refractivity contribution in [2.24, 2.45) is 19.4 Å². The highest BCUT2D eigenvalue weighted by Gasteiger charge is 2.65. The van der Waals surface area contributed by atoms with Crippen LogP contribution >= 0.6 is 0 Å². The van der Waals surface area contributed by atoms with E-state index in [-0.39, 0.29) is 28.0 Å². The average molecular weight is 750 g/mol. The van der Waals surface area contributed by atoms with Gasteiger partial charge in [0.2, 0.25) is 5.91 Å². The van der Waals surface area contributed by atoms with Crippen LogP contribution in [0.15, 0.2) is 78.2 Å². The lowest BCUT2D eigenvalue weighted by Gasteiger charge is -2.57. The monoisotopic (exact) mass is 749 g/mol. The van der Waals surface area contributed by atoms with E-state index >= 15 is 8.42 Å². The molecule has 2 fully saturated rings. The summed E-state index contributed by atoms with van der Waals surface area (Å²) in [5.74, 6) is -0.0889. The van der Waals surface area contributed by atoms with Crippen LogP contribution in [-0.4, -0.2) is 79.6 Å². The minimum absolute atomic E-state index is 0.0533. The van der Waals surface area contributed by atoms with E-state index in [1.165, 1.54) is 22.3 Å². The molecule has 6 heterocycles. The van der Waals surface area contributed by atoms with Gasteiger partial charge in [0, 0.05) is 71.9 Å². The van der Waals surface area contributed by atoms with Gasteiger partial charge in [-0.25, -0.2) is 22.2 Å².